The van der Waals surface area contributed by atoms with Gasteiger partial charge in [-0.05, 0) is 25.0 Å². The fourth-order valence-electron chi connectivity index (χ4n) is 3.90. The number of guanidine groups is 1. The normalized spacial score (nSPS) is 19.8. The Morgan fingerprint density at radius 1 is 1.10 bits per heavy atom. The van der Waals surface area contributed by atoms with Crippen molar-refractivity contribution < 1.29 is 9.47 Å². The van der Waals surface area contributed by atoms with Gasteiger partial charge in [0.15, 0.2) is 17.5 Å². The Hall–Kier alpha value is -2.73. The number of nitrogens with one attached hydrogen (secondary N) is 2. The second kappa shape index (κ2) is 10.2. The highest BCUT2D eigenvalue weighted by Crippen LogP contribution is 2.30. The highest BCUT2D eigenvalue weighted by atomic mass is 16.5. The van der Waals surface area contributed by atoms with E-state index in [-0.39, 0.29) is 0 Å². The maximum atomic E-state index is 5.52. The van der Waals surface area contributed by atoms with Gasteiger partial charge in [0.25, 0.3) is 0 Å². The molecule has 6 nitrogen and oxygen atoms in total. The summed E-state index contributed by atoms with van der Waals surface area (Å²) in [7, 11) is 5.12. The Bertz CT molecular complexity index is 810. The number of para-hydroxylation sites is 1. The smallest absolute Gasteiger partial charge is 0.191 e. The van der Waals surface area contributed by atoms with E-state index in [9.17, 15) is 0 Å². The summed E-state index contributed by atoms with van der Waals surface area (Å²) in [4.78, 5) is 6.92. The van der Waals surface area contributed by atoms with Crippen LogP contribution in [-0.2, 0) is 13.1 Å². The molecule has 6 heteroatoms. The van der Waals surface area contributed by atoms with Gasteiger partial charge >= 0.3 is 0 Å². The molecular formula is C23H32N4O2. The van der Waals surface area contributed by atoms with E-state index in [0.717, 1.165) is 42.5 Å². The molecule has 2 aromatic rings. The Kier molecular flexibility index (Phi) is 7.36. The number of hydrogen-bond acceptors (Lipinski definition) is 4. The number of ether oxygens (including phenoxy) is 2. The van der Waals surface area contributed by atoms with Crippen LogP contribution in [0.25, 0.3) is 0 Å². The number of aliphatic imine (C=N–C) groups is 1. The van der Waals surface area contributed by atoms with Crippen molar-refractivity contribution in [3.8, 4) is 11.5 Å². The molecule has 0 aromatic heterocycles. The van der Waals surface area contributed by atoms with Gasteiger partial charge in [-0.1, -0.05) is 42.5 Å². The van der Waals surface area contributed by atoms with Crippen molar-refractivity contribution in [2.45, 2.75) is 38.5 Å². The Labute approximate surface area is 173 Å². The molecule has 0 amide bonds. The SMILES string of the molecule is CN=C(NCc1cccc(OC)c1OC)NC1CC(C)N(Cc2ccccc2)C1. The maximum absolute atomic E-state index is 5.52. The van der Waals surface area contributed by atoms with Gasteiger partial charge in [-0.3, -0.25) is 9.89 Å². The molecule has 0 bridgehead atoms. The van der Waals surface area contributed by atoms with Gasteiger partial charge in [-0.15, -0.1) is 0 Å². The number of nitrogens with zero attached hydrogens (tertiary/aromatic N) is 2. The molecule has 0 spiro atoms. The summed E-state index contributed by atoms with van der Waals surface area (Å²) in [6.45, 7) is 4.88. The van der Waals surface area contributed by atoms with Gasteiger partial charge in [0, 0.05) is 44.3 Å². The molecule has 29 heavy (non-hydrogen) atoms. The monoisotopic (exact) mass is 396 g/mol. The molecule has 3 rings (SSSR count). The van der Waals surface area contributed by atoms with Gasteiger partial charge in [0.2, 0.25) is 0 Å². The second-order valence-corrected chi connectivity index (χ2v) is 7.42. The molecule has 0 radical (unpaired) electrons. The van der Waals surface area contributed by atoms with Crippen LogP contribution in [0.4, 0.5) is 0 Å². The third-order valence-corrected chi connectivity index (χ3v) is 5.43. The van der Waals surface area contributed by atoms with Crippen molar-refractivity contribution >= 4 is 5.96 Å². The predicted octanol–water partition coefficient (Wildman–Crippen LogP) is 3.03. The van der Waals surface area contributed by atoms with Gasteiger partial charge in [-0.2, -0.15) is 0 Å². The lowest BCUT2D eigenvalue weighted by atomic mass is 10.2. The highest BCUT2D eigenvalue weighted by Gasteiger charge is 2.29. The van der Waals surface area contributed by atoms with Crippen molar-refractivity contribution in [3.05, 3.63) is 59.7 Å². The molecule has 1 aliphatic heterocycles. The van der Waals surface area contributed by atoms with Crippen LogP contribution in [0.5, 0.6) is 11.5 Å². The van der Waals surface area contributed by atoms with E-state index in [1.165, 1.54) is 5.56 Å². The second-order valence-electron chi connectivity index (χ2n) is 7.42. The van der Waals surface area contributed by atoms with Crippen LogP contribution in [0.1, 0.15) is 24.5 Å². The minimum atomic E-state index is 0.368. The highest BCUT2D eigenvalue weighted by molar-refractivity contribution is 5.80. The largest absolute Gasteiger partial charge is 0.493 e. The number of methoxy groups -OCH3 is 2. The van der Waals surface area contributed by atoms with Crippen molar-refractivity contribution in [1.29, 1.82) is 0 Å². The standard InChI is InChI=1S/C23H32N4O2/c1-17-13-20(16-27(17)15-18-9-6-5-7-10-18)26-23(24-2)25-14-19-11-8-12-21(28-3)22(19)29-4/h5-12,17,20H,13-16H2,1-4H3,(H2,24,25,26). The summed E-state index contributed by atoms with van der Waals surface area (Å²) in [5.41, 5.74) is 2.38. The van der Waals surface area contributed by atoms with Crippen LogP contribution in [-0.4, -0.2) is 50.8 Å². The van der Waals surface area contributed by atoms with Crippen molar-refractivity contribution in [1.82, 2.24) is 15.5 Å². The molecule has 2 unspecified atom stereocenters. The van der Waals surface area contributed by atoms with Crippen LogP contribution in [0.3, 0.4) is 0 Å². The van der Waals surface area contributed by atoms with E-state index in [2.05, 4.69) is 57.8 Å². The zero-order chi connectivity index (χ0) is 20.6. The average molecular weight is 397 g/mol. The number of likely N-dealkylation sites (tertiary alicyclic amines) is 1. The van der Waals surface area contributed by atoms with Gasteiger partial charge in [-0.25, -0.2) is 0 Å². The average Bonchev–Trinajstić information content (AvgIpc) is 3.09. The van der Waals surface area contributed by atoms with Crippen molar-refractivity contribution in [2.24, 2.45) is 4.99 Å². The Morgan fingerprint density at radius 2 is 1.90 bits per heavy atom. The summed E-state index contributed by atoms with van der Waals surface area (Å²) >= 11 is 0. The summed E-state index contributed by atoms with van der Waals surface area (Å²) in [6.07, 6.45) is 1.09. The molecule has 156 valence electrons. The summed E-state index contributed by atoms with van der Waals surface area (Å²) < 4.78 is 10.9. The number of hydrogen-bond donors (Lipinski definition) is 2. The zero-order valence-electron chi connectivity index (χ0n) is 17.8. The lowest BCUT2D eigenvalue weighted by Crippen LogP contribution is -2.44. The van der Waals surface area contributed by atoms with Crippen LogP contribution < -0.4 is 20.1 Å². The zero-order valence-corrected chi connectivity index (χ0v) is 17.8. The molecule has 1 saturated heterocycles. The van der Waals surface area contributed by atoms with Crippen molar-refractivity contribution in [2.75, 3.05) is 27.8 Å². The first kappa shape index (κ1) is 21.0. The van der Waals surface area contributed by atoms with Crippen LogP contribution in [0, 0.1) is 0 Å². The molecule has 0 aliphatic carbocycles. The molecule has 1 aliphatic rings. The van der Waals surface area contributed by atoms with Crippen LogP contribution in [0.2, 0.25) is 0 Å². The number of benzene rings is 2. The first-order chi connectivity index (χ1) is 14.1. The maximum Gasteiger partial charge on any atom is 0.191 e. The van der Waals surface area contributed by atoms with E-state index < -0.39 is 0 Å². The summed E-state index contributed by atoms with van der Waals surface area (Å²) in [5, 5.41) is 6.98. The fraction of sp³-hybridized carbons (Fsp3) is 0.435. The first-order valence-corrected chi connectivity index (χ1v) is 10.1. The molecule has 2 atom stereocenters. The molecule has 1 heterocycles. The van der Waals surface area contributed by atoms with E-state index in [1.54, 1.807) is 21.3 Å². The molecular weight excluding hydrogens is 364 g/mol. The summed E-state index contributed by atoms with van der Waals surface area (Å²) in [5.74, 6) is 2.28. The van der Waals surface area contributed by atoms with E-state index in [4.69, 9.17) is 9.47 Å². The molecule has 2 N–H and O–H groups in total. The number of rotatable bonds is 7. The van der Waals surface area contributed by atoms with Gasteiger partial charge < -0.3 is 20.1 Å². The first-order valence-electron chi connectivity index (χ1n) is 10.1. The van der Waals surface area contributed by atoms with E-state index in [0.29, 0.717) is 18.6 Å². The van der Waals surface area contributed by atoms with Crippen LogP contribution in [0.15, 0.2) is 53.5 Å². The Balaban J connectivity index is 1.56. The van der Waals surface area contributed by atoms with E-state index >= 15 is 0 Å². The van der Waals surface area contributed by atoms with Crippen LogP contribution >= 0.6 is 0 Å². The Morgan fingerprint density at radius 3 is 2.59 bits per heavy atom. The minimum Gasteiger partial charge on any atom is -0.493 e. The molecule has 0 saturated carbocycles. The third kappa shape index (κ3) is 5.41. The quantitative estimate of drug-likeness (QED) is 0.557. The lowest BCUT2D eigenvalue weighted by Gasteiger charge is -2.21. The van der Waals surface area contributed by atoms with Crippen molar-refractivity contribution in [3.63, 3.8) is 0 Å². The summed E-state index contributed by atoms with van der Waals surface area (Å²) in [6, 6.07) is 17.4. The topological polar surface area (TPSA) is 58.1 Å². The van der Waals surface area contributed by atoms with Gasteiger partial charge in [0.05, 0.1) is 14.2 Å². The molecule has 2 aromatic carbocycles. The fourth-order valence-corrected chi connectivity index (χ4v) is 3.90. The van der Waals surface area contributed by atoms with E-state index in [1.807, 2.05) is 18.2 Å². The third-order valence-electron chi connectivity index (χ3n) is 5.43. The lowest BCUT2D eigenvalue weighted by molar-refractivity contribution is 0.258. The van der Waals surface area contributed by atoms with Gasteiger partial charge in [0.1, 0.15) is 0 Å². The minimum absolute atomic E-state index is 0.368. The predicted molar refractivity (Wildman–Crippen MR) is 118 cm³/mol. The molecule has 1 fully saturated rings.